The number of carbonyl (C=O) groups is 4. The van der Waals surface area contributed by atoms with Crippen molar-refractivity contribution in [1.29, 1.82) is 0 Å². The smallest absolute Gasteiger partial charge is 0.289 e. The Labute approximate surface area is 207 Å². The largest absolute Gasteiger partial charge is 0.344 e. The molecule has 2 heterocycles. The van der Waals surface area contributed by atoms with Gasteiger partial charge in [-0.1, -0.05) is 60.7 Å². The summed E-state index contributed by atoms with van der Waals surface area (Å²) < 4.78 is 0. The third-order valence-corrected chi connectivity index (χ3v) is 6.63. The van der Waals surface area contributed by atoms with Crippen LogP contribution in [0.25, 0.3) is 0 Å². The molecule has 3 amide bonds. The Kier molecular flexibility index (Phi) is 7.99. The first-order valence-electron chi connectivity index (χ1n) is 11.4. The molecule has 1 aliphatic rings. The summed E-state index contributed by atoms with van der Waals surface area (Å²) in [6, 6.07) is 16.9. The van der Waals surface area contributed by atoms with E-state index in [-0.39, 0.29) is 25.3 Å². The van der Waals surface area contributed by atoms with E-state index in [1.807, 2.05) is 60.7 Å². The molecule has 1 aromatic heterocycles. The first-order valence-corrected chi connectivity index (χ1v) is 12.3. The van der Waals surface area contributed by atoms with Crippen molar-refractivity contribution in [2.75, 3.05) is 0 Å². The lowest BCUT2D eigenvalue weighted by Gasteiger charge is -2.26. The molecule has 2 N–H and O–H groups in total. The molecular weight excluding hydrogens is 464 g/mol. The van der Waals surface area contributed by atoms with Crippen molar-refractivity contribution in [2.45, 2.75) is 44.4 Å². The van der Waals surface area contributed by atoms with E-state index in [0.29, 0.717) is 18.0 Å². The molecule has 2 atom stereocenters. The van der Waals surface area contributed by atoms with Crippen molar-refractivity contribution in [2.24, 2.45) is 0 Å². The van der Waals surface area contributed by atoms with Crippen molar-refractivity contribution in [3.8, 4) is 0 Å². The summed E-state index contributed by atoms with van der Waals surface area (Å²) in [6.45, 7) is 0.444. The highest BCUT2D eigenvalue weighted by Gasteiger charge is 2.38. The van der Waals surface area contributed by atoms with Crippen LogP contribution in [0.3, 0.4) is 0 Å². The number of likely N-dealkylation sites (tertiary alicyclic amines) is 1. The summed E-state index contributed by atoms with van der Waals surface area (Å²) in [5.41, 5.74) is 1.72. The topological polar surface area (TPSA) is 108 Å². The van der Waals surface area contributed by atoms with Crippen molar-refractivity contribution < 1.29 is 19.2 Å². The number of aromatic nitrogens is 1. The van der Waals surface area contributed by atoms with Crippen LogP contribution in [-0.2, 0) is 38.7 Å². The second-order valence-corrected chi connectivity index (χ2v) is 9.26. The van der Waals surface area contributed by atoms with E-state index >= 15 is 0 Å². The highest BCUT2D eigenvalue weighted by Crippen LogP contribution is 2.22. The Morgan fingerprint density at radius 2 is 1.71 bits per heavy atom. The van der Waals surface area contributed by atoms with Gasteiger partial charge in [0.05, 0.1) is 6.54 Å². The lowest BCUT2D eigenvalue weighted by molar-refractivity contribution is -0.141. The first kappa shape index (κ1) is 24.3. The number of carbonyl (C=O) groups excluding carboxylic acids is 4. The van der Waals surface area contributed by atoms with Crippen molar-refractivity contribution in [1.82, 2.24) is 20.5 Å². The summed E-state index contributed by atoms with van der Waals surface area (Å²) in [4.78, 5) is 57.1. The van der Waals surface area contributed by atoms with Gasteiger partial charge >= 0.3 is 0 Å². The monoisotopic (exact) mass is 490 g/mol. The molecule has 1 saturated heterocycles. The standard InChI is InChI=1S/C26H26N4O4S/c31-23-12-11-21(30(23)17-19-9-5-2-6-10-19)25(33)29-20(15-18-7-3-1-4-8-18)24(32)26(34)28-16-22-27-13-14-35-22/h1-10,13-14,20-21H,11-12,15-17H2,(H,28,34)(H,29,33)/t20?,21-/m0/s1. The number of amides is 3. The Balaban J connectivity index is 1.47. The van der Waals surface area contributed by atoms with Gasteiger partial charge in [-0.25, -0.2) is 4.98 Å². The highest BCUT2D eigenvalue weighted by molar-refractivity contribution is 7.09. The van der Waals surface area contributed by atoms with Crippen LogP contribution < -0.4 is 10.6 Å². The minimum atomic E-state index is -1.06. The van der Waals surface area contributed by atoms with E-state index in [0.717, 1.165) is 11.1 Å². The highest BCUT2D eigenvalue weighted by atomic mass is 32.1. The number of nitrogens with one attached hydrogen (secondary N) is 2. The number of hydrogen-bond donors (Lipinski definition) is 2. The minimum Gasteiger partial charge on any atom is -0.344 e. The van der Waals surface area contributed by atoms with Gasteiger partial charge < -0.3 is 15.5 Å². The minimum absolute atomic E-state index is 0.110. The Morgan fingerprint density at radius 1 is 1.03 bits per heavy atom. The number of nitrogens with zero attached hydrogens (tertiary/aromatic N) is 2. The second-order valence-electron chi connectivity index (χ2n) is 8.29. The van der Waals surface area contributed by atoms with Gasteiger partial charge in [-0.2, -0.15) is 0 Å². The van der Waals surface area contributed by atoms with Crippen LogP contribution in [0.5, 0.6) is 0 Å². The maximum absolute atomic E-state index is 13.3. The molecule has 0 bridgehead atoms. The van der Waals surface area contributed by atoms with E-state index in [1.165, 1.54) is 16.2 Å². The molecule has 1 fully saturated rings. The third-order valence-electron chi connectivity index (χ3n) is 5.85. The fraction of sp³-hybridized carbons (Fsp3) is 0.269. The molecule has 0 saturated carbocycles. The van der Waals surface area contributed by atoms with E-state index in [4.69, 9.17) is 0 Å². The number of Topliss-reactive ketones (excluding diaryl/α,β-unsaturated/α-hetero) is 1. The Hall–Kier alpha value is -3.85. The molecule has 4 rings (SSSR count). The van der Waals surface area contributed by atoms with Crippen LogP contribution in [0.1, 0.15) is 29.0 Å². The summed E-state index contributed by atoms with van der Waals surface area (Å²) in [7, 11) is 0. The van der Waals surface area contributed by atoms with Gasteiger partial charge in [0.2, 0.25) is 17.6 Å². The van der Waals surface area contributed by atoms with E-state index in [2.05, 4.69) is 15.6 Å². The Morgan fingerprint density at radius 3 is 2.37 bits per heavy atom. The molecule has 2 aromatic carbocycles. The summed E-state index contributed by atoms with van der Waals surface area (Å²) in [5, 5.41) is 7.81. The van der Waals surface area contributed by atoms with Crippen molar-refractivity contribution in [3.05, 3.63) is 88.4 Å². The maximum Gasteiger partial charge on any atom is 0.289 e. The number of ketones is 1. The predicted octanol–water partition coefficient (Wildman–Crippen LogP) is 2.25. The third kappa shape index (κ3) is 6.39. The molecule has 8 nitrogen and oxygen atoms in total. The molecule has 0 aliphatic carbocycles. The van der Waals surface area contributed by atoms with Crippen molar-refractivity contribution >= 4 is 34.8 Å². The normalized spacial score (nSPS) is 16.1. The predicted molar refractivity (Wildman–Crippen MR) is 131 cm³/mol. The molecule has 0 radical (unpaired) electrons. The number of thiazole rings is 1. The zero-order valence-corrected chi connectivity index (χ0v) is 19.9. The molecule has 1 aliphatic heterocycles. The van der Waals surface area contributed by atoms with Crippen LogP contribution in [0.15, 0.2) is 72.2 Å². The van der Waals surface area contributed by atoms with E-state index in [9.17, 15) is 19.2 Å². The number of hydrogen-bond acceptors (Lipinski definition) is 6. The molecule has 35 heavy (non-hydrogen) atoms. The molecule has 1 unspecified atom stereocenters. The van der Waals surface area contributed by atoms with Crippen LogP contribution in [0.4, 0.5) is 0 Å². The van der Waals surface area contributed by atoms with Gasteiger partial charge in [0, 0.05) is 31.0 Å². The maximum atomic E-state index is 13.3. The fourth-order valence-corrected chi connectivity index (χ4v) is 4.61. The second kappa shape index (κ2) is 11.5. The molecule has 3 aromatic rings. The summed E-state index contributed by atoms with van der Waals surface area (Å²) >= 11 is 1.37. The molecule has 9 heteroatoms. The van der Waals surface area contributed by atoms with E-state index < -0.39 is 29.7 Å². The summed E-state index contributed by atoms with van der Waals surface area (Å²) in [6.07, 6.45) is 2.41. The number of rotatable bonds is 10. The fourth-order valence-electron chi connectivity index (χ4n) is 4.05. The van der Waals surface area contributed by atoms with Gasteiger partial charge in [0.25, 0.3) is 5.91 Å². The van der Waals surface area contributed by atoms with Crippen LogP contribution in [0.2, 0.25) is 0 Å². The quantitative estimate of drug-likeness (QED) is 0.424. The zero-order chi connectivity index (χ0) is 24.6. The van der Waals surface area contributed by atoms with Gasteiger partial charge in [0.1, 0.15) is 17.1 Å². The summed E-state index contributed by atoms with van der Waals surface area (Å²) in [5.74, 6) is -2.07. The average Bonchev–Trinajstić information content (AvgIpc) is 3.53. The lowest BCUT2D eigenvalue weighted by Crippen LogP contribution is -2.53. The molecule has 180 valence electrons. The SMILES string of the molecule is O=C(NCc1nccs1)C(=O)C(Cc1ccccc1)NC(=O)[C@@H]1CCC(=O)N1Cc1ccccc1. The van der Waals surface area contributed by atoms with Crippen LogP contribution in [-0.4, -0.2) is 45.5 Å². The zero-order valence-electron chi connectivity index (χ0n) is 19.1. The van der Waals surface area contributed by atoms with Gasteiger partial charge in [-0.15, -0.1) is 11.3 Å². The molecule has 0 spiro atoms. The lowest BCUT2D eigenvalue weighted by atomic mass is 10.0. The molecular formula is C26H26N4O4S. The van der Waals surface area contributed by atoms with Gasteiger partial charge in [-0.05, 0) is 17.5 Å². The van der Waals surface area contributed by atoms with Crippen molar-refractivity contribution in [3.63, 3.8) is 0 Å². The van der Waals surface area contributed by atoms with Gasteiger partial charge in [0.15, 0.2) is 0 Å². The van der Waals surface area contributed by atoms with E-state index in [1.54, 1.807) is 11.6 Å². The average molecular weight is 491 g/mol. The number of benzene rings is 2. The van der Waals surface area contributed by atoms with Crippen LogP contribution >= 0.6 is 11.3 Å². The van der Waals surface area contributed by atoms with Crippen LogP contribution in [0, 0.1) is 0 Å². The Bertz CT molecular complexity index is 1170. The first-order chi connectivity index (χ1) is 17.0. The van der Waals surface area contributed by atoms with Gasteiger partial charge in [-0.3, -0.25) is 19.2 Å².